The molecule has 0 bridgehead atoms. The van der Waals surface area contributed by atoms with E-state index in [-0.39, 0.29) is 18.2 Å². The largest absolute Gasteiger partial charge is 0.0885 e. The number of rotatable bonds is 5. The second-order valence-electron chi connectivity index (χ2n) is 12.3. The van der Waals surface area contributed by atoms with Crippen LogP contribution < -0.4 is 10.6 Å². The summed E-state index contributed by atoms with van der Waals surface area (Å²) in [5, 5.41) is 9.01. The van der Waals surface area contributed by atoms with Crippen molar-refractivity contribution < 1.29 is 0 Å². The van der Waals surface area contributed by atoms with Crippen LogP contribution in [0.15, 0.2) is 109 Å². The lowest BCUT2D eigenvalue weighted by atomic mass is 10.1. The Balaban J connectivity index is 1.72. The van der Waals surface area contributed by atoms with E-state index in [0.29, 0.717) is 11.3 Å². The highest BCUT2D eigenvalue weighted by atomic mass is 31.1. The maximum atomic E-state index is 2.52. The molecule has 4 aromatic carbocycles. The lowest BCUT2D eigenvalue weighted by Crippen LogP contribution is -2.33. The van der Waals surface area contributed by atoms with Gasteiger partial charge in [-0.25, -0.2) is 0 Å². The van der Waals surface area contributed by atoms with Crippen LogP contribution in [0.3, 0.4) is 0 Å². The fourth-order valence-electron chi connectivity index (χ4n) is 6.69. The average molecular weight is 523 g/mol. The molecule has 0 saturated heterocycles. The minimum atomic E-state index is -0.665. The minimum absolute atomic E-state index is 0.271. The van der Waals surface area contributed by atoms with Gasteiger partial charge < -0.3 is 0 Å². The van der Waals surface area contributed by atoms with Crippen molar-refractivity contribution >= 4 is 48.0 Å². The monoisotopic (exact) mass is 522 g/mol. The van der Waals surface area contributed by atoms with Gasteiger partial charge in [-0.05, 0) is 56.0 Å². The lowest BCUT2D eigenvalue weighted by molar-refractivity contribution is 0.693. The zero-order valence-electron chi connectivity index (χ0n) is 23.4. The van der Waals surface area contributed by atoms with Gasteiger partial charge in [-0.15, -0.1) is 0 Å². The second kappa shape index (κ2) is 10.1. The third kappa shape index (κ3) is 5.09. The van der Waals surface area contributed by atoms with E-state index in [1.165, 1.54) is 32.2 Å². The van der Waals surface area contributed by atoms with Gasteiger partial charge in [-0.3, -0.25) is 0 Å². The molecule has 1 aliphatic rings. The first-order valence-electron chi connectivity index (χ1n) is 13.5. The topological polar surface area (TPSA) is 0 Å². The predicted molar refractivity (Wildman–Crippen MR) is 171 cm³/mol. The van der Waals surface area contributed by atoms with Crippen LogP contribution in [0.4, 0.5) is 0 Å². The molecule has 0 fully saturated rings. The van der Waals surface area contributed by atoms with E-state index in [4.69, 9.17) is 0 Å². The first kappa shape index (κ1) is 26.4. The normalized spacial score (nSPS) is 17.2. The summed E-state index contributed by atoms with van der Waals surface area (Å²) in [5.74, 6) is 0. The van der Waals surface area contributed by atoms with Crippen LogP contribution in [0.25, 0.3) is 21.5 Å². The zero-order chi connectivity index (χ0) is 26.4. The van der Waals surface area contributed by atoms with Crippen LogP contribution >= 0.6 is 15.8 Å². The molecule has 2 atom stereocenters. The molecule has 0 spiro atoms. The van der Waals surface area contributed by atoms with Crippen molar-refractivity contribution in [2.45, 2.75) is 70.1 Å². The smallest absolute Gasteiger partial charge is 0.0273 e. The Labute approximate surface area is 226 Å². The van der Waals surface area contributed by atoms with Gasteiger partial charge in [0.25, 0.3) is 0 Å². The van der Waals surface area contributed by atoms with Gasteiger partial charge in [0.15, 0.2) is 0 Å². The van der Waals surface area contributed by atoms with Crippen molar-refractivity contribution in [1.82, 2.24) is 0 Å². The lowest BCUT2D eigenvalue weighted by Gasteiger charge is -2.47. The van der Waals surface area contributed by atoms with Crippen molar-refractivity contribution in [2.75, 3.05) is 0 Å². The SMILES string of the molecule is C[C@H](C1=CC=CC1P(c1cccc2ccccc12)c1cccc2ccccc12)P(C(C)(C)C)C(C)(C)C. The Hall–Kier alpha value is -2.26. The van der Waals surface area contributed by atoms with E-state index < -0.39 is 7.92 Å². The van der Waals surface area contributed by atoms with Crippen LogP contribution in [0, 0.1) is 0 Å². The van der Waals surface area contributed by atoms with E-state index in [2.05, 4.69) is 152 Å². The molecule has 190 valence electrons. The molecular formula is C35H40P2. The van der Waals surface area contributed by atoms with Crippen LogP contribution in [-0.4, -0.2) is 21.6 Å². The molecule has 1 unspecified atom stereocenters. The van der Waals surface area contributed by atoms with Crippen LogP contribution in [-0.2, 0) is 0 Å². The van der Waals surface area contributed by atoms with E-state index in [9.17, 15) is 0 Å². The predicted octanol–water partition coefficient (Wildman–Crippen LogP) is 9.76. The molecule has 0 amide bonds. The molecule has 0 saturated carbocycles. The van der Waals surface area contributed by atoms with E-state index in [1.807, 2.05) is 0 Å². The first-order chi connectivity index (χ1) is 17.6. The fourth-order valence-corrected chi connectivity index (χ4v) is 14.8. The van der Waals surface area contributed by atoms with Crippen LogP contribution in [0.2, 0.25) is 0 Å². The fraction of sp³-hybridized carbons (Fsp3) is 0.314. The second-order valence-corrected chi connectivity index (χ2v) is 18.7. The highest BCUT2D eigenvalue weighted by Gasteiger charge is 2.42. The molecule has 0 N–H and O–H groups in total. The van der Waals surface area contributed by atoms with Crippen LogP contribution in [0.5, 0.6) is 0 Å². The van der Waals surface area contributed by atoms with Gasteiger partial charge in [-0.1, -0.05) is 165 Å². The maximum Gasteiger partial charge on any atom is 0.0273 e. The quantitative estimate of drug-likeness (QED) is 0.229. The summed E-state index contributed by atoms with van der Waals surface area (Å²) in [6.45, 7) is 17.3. The van der Waals surface area contributed by atoms with Crippen LogP contribution in [0.1, 0.15) is 48.5 Å². The molecule has 4 aromatic rings. The molecule has 5 rings (SSSR count). The van der Waals surface area contributed by atoms with Crippen molar-refractivity contribution in [3.8, 4) is 0 Å². The number of hydrogen-bond donors (Lipinski definition) is 0. The minimum Gasteiger partial charge on any atom is -0.0885 e. The molecular weight excluding hydrogens is 482 g/mol. The highest BCUT2D eigenvalue weighted by molar-refractivity contribution is 7.75. The molecule has 0 radical (unpaired) electrons. The van der Waals surface area contributed by atoms with Crippen molar-refractivity contribution in [3.63, 3.8) is 0 Å². The third-order valence-electron chi connectivity index (χ3n) is 7.57. The number of fused-ring (bicyclic) bond motifs is 2. The Morgan fingerprint density at radius 1 is 0.622 bits per heavy atom. The van der Waals surface area contributed by atoms with Gasteiger partial charge in [-0.2, -0.15) is 0 Å². The van der Waals surface area contributed by atoms with Gasteiger partial charge in [0.1, 0.15) is 0 Å². The summed E-state index contributed by atoms with van der Waals surface area (Å²) in [6.07, 6.45) is 7.33. The third-order valence-corrected chi connectivity index (χ3v) is 14.4. The number of benzene rings is 4. The van der Waals surface area contributed by atoms with Crippen molar-refractivity contribution in [1.29, 1.82) is 0 Å². The summed E-state index contributed by atoms with van der Waals surface area (Å²) >= 11 is 0. The molecule has 2 heteroatoms. The van der Waals surface area contributed by atoms with Crippen molar-refractivity contribution in [3.05, 3.63) is 109 Å². The Kier molecular flexibility index (Phi) is 7.22. The molecule has 0 aliphatic heterocycles. The van der Waals surface area contributed by atoms with E-state index in [1.54, 1.807) is 5.57 Å². The Morgan fingerprint density at radius 3 is 1.57 bits per heavy atom. The van der Waals surface area contributed by atoms with Gasteiger partial charge >= 0.3 is 0 Å². The summed E-state index contributed by atoms with van der Waals surface area (Å²) in [6, 6.07) is 31.8. The molecule has 0 heterocycles. The number of hydrogen-bond acceptors (Lipinski definition) is 0. The molecule has 0 aromatic heterocycles. The maximum absolute atomic E-state index is 2.52. The zero-order valence-corrected chi connectivity index (χ0v) is 25.2. The molecule has 37 heavy (non-hydrogen) atoms. The van der Waals surface area contributed by atoms with Gasteiger partial charge in [0, 0.05) is 5.66 Å². The van der Waals surface area contributed by atoms with Gasteiger partial charge in [0.05, 0.1) is 0 Å². The molecule has 1 aliphatic carbocycles. The van der Waals surface area contributed by atoms with Gasteiger partial charge in [0.2, 0.25) is 0 Å². The standard InChI is InChI=1S/C35H40P2/c1-25(37(34(2,3)4)35(5,6)7)28-21-14-24-31(28)36(32-22-12-17-26-15-8-10-19-29(26)32)33-23-13-18-27-16-9-11-20-30(27)33/h8-25,31H,1-7H3/t25-,31?/m1/s1. The average Bonchev–Trinajstić information content (AvgIpc) is 3.32. The molecule has 0 nitrogen and oxygen atoms in total. The van der Waals surface area contributed by atoms with E-state index in [0.717, 1.165) is 0 Å². The van der Waals surface area contributed by atoms with E-state index >= 15 is 0 Å². The number of allylic oxidation sites excluding steroid dienone is 4. The first-order valence-corrected chi connectivity index (χ1v) is 16.3. The van der Waals surface area contributed by atoms with Crippen molar-refractivity contribution in [2.24, 2.45) is 0 Å². The Morgan fingerprint density at radius 2 is 1.08 bits per heavy atom. The summed E-state index contributed by atoms with van der Waals surface area (Å²) in [4.78, 5) is 0. The summed E-state index contributed by atoms with van der Waals surface area (Å²) in [5.41, 5.74) is 2.57. The highest BCUT2D eigenvalue weighted by Crippen LogP contribution is 2.66. The Bertz CT molecular complexity index is 1370. The summed E-state index contributed by atoms with van der Waals surface area (Å²) in [7, 11) is -0.936. The summed E-state index contributed by atoms with van der Waals surface area (Å²) < 4.78 is 0.